The van der Waals surface area contributed by atoms with Gasteiger partial charge < -0.3 is 10.4 Å². The van der Waals surface area contributed by atoms with Crippen LogP contribution >= 0.6 is 11.6 Å². The molecule has 0 bridgehead atoms. The zero-order valence-corrected chi connectivity index (χ0v) is 19.9. The van der Waals surface area contributed by atoms with Gasteiger partial charge in [0, 0.05) is 34.8 Å². The summed E-state index contributed by atoms with van der Waals surface area (Å²) >= 11 is 5.95. The van der Waals surface area contributed by atoms with Crippen molar-refractivity contribution in [3.05, 3.63) is 94.3 Å². The molecule has 7 heteroatoms. The summed E-state index contributed by atoms with van der Waals surface area (Å²) in [6.45, 7) is 1.53. The van der Waals surface area contributed by atoms with E-state index in [-0.39, 0.29) is 0 Å². The number of rotatable bonds is 7. The second-order valence-electron chi connectivity index (χ2n) is 8.01. The van der Waals surface area contributed by atoms with Crippen LogP contribution in [0.5, 0.6) is 0 Å². The summed E-state index contributed by atoms with van der Waals surface area (Å²) in [6, 6.07) is 18.8. The maximum absolute atomic E-state index is 14.1. The number of hydrogen-bond acceptors (Lipinski definition) is 4. The molecule has 1 heterocycles. The zero-order chi connectivity index (χ0) is 24.9. The highest BCUT2D eigenvalue weighted by Gasteiger charge is 2.20. The number of benzene rings is 3. The van der Waals surface area contributed by atoms with Gasteiger partial charge in [-0.2, -0.15) is 0 Å². The molecule has 3 aromatic carbocycles. The summed E-state index contributed by atoms with van der Waals surface area (Å²) in [4.78, 5) is 20.5. The van der Waals surface area contributed by atoms with Crippen molar-refractivity contribution in [2.24, 2.45) is 4.99 Å². The van der Waals surface area contributed by atoms with Crippen LogP contribution in [-0.2, 0) is 4.79 Å². The first kappa shape index (κ1) is 24.1. The lowest BCUT2D eigenvalue weighted by molar-refractivity contribution is -0.137. The van der Waals surface area contributed by atoms with Crippen molar-refractivity contribution in [2.45, 2.75) is 13.0 Å². The largest absolute Gasteiger partial charge is 0.480 e. The molecule has 2 N–H and O–H groups in total. The Balaban J connectivity index is 1.79. The van der Waals surface area contributed by atoms with Gasteiger partial charge in [-0.25, -0.2) is 9.37 Å². The molecule has 35 heavy (non-hydrogen) atoms. The van der Waals surface area contributed by atoms with Crippen molar-refractivity contribution in [3.8, 4) is 11.3 Å². The van der Waals surface area contributed by atoms with Crippen LogP contribution in [0, 0.1) is 5.82 Å². The molecular weight excluding hydrogens is 465 g/mol. The molecule has 0 spiro atoms. The number of fused-ring (bicyclic) bond motifs is 1. The third-order valence-corrected chi connectivity index (χ3v) is 5.75. The number of pyridine rings is 1. The number of aromatic nitrogens is 1. The molecule has 1 aromatic heterocycles. The number of carboxylic acid groups (broad SMARTS) is 1. The van der Waals surface area contributed by atoms with Crippen molar-refractivity contribution in [3.63, 3.8) is 0 Å². The molecule has 1 unspecified atom stereocenters. The number of carbonyl (C=O) groups is 1. The molecular formula is C28H23ClFN3O2. The molecule has 0 aliphatic heterocycles. The molecule has 0 fully saturated rings. The van der Waals surface area contributed by atoms with Crippen molar-refractivity contribution in [1.82, 2.24) is 4.98 Å². The highest BCUT2D eigenvalue weighted by Crippen LogP contribution is 2.34. The van der Waals surface area contributed by atoms with Crippen LogP contribution in [0.1, 0.15) is 23.6 Å². The number of halogens is 2. The average Bonchev–Trinajstić information content (AvgIpc) is 2.85. The van der Waals surface area contributed by atoms with Gasteiger partial charge in [-0.3, -0.25) is 9.79 Å². The molecule has 0 radical (unpaired) electrons. The van der Waals surface area contributed by atoms with Crippen LogP contribution < -0.4 is 5.32 Å². The second-order valence-corrected chi connectivity index (χ2v) is 8.45. The van der Waals surface area contributed by atoms with Gasteiger partial charge in [0.2, 0.25) is 0 Å². The maximum atomic E-state index is 14.1. The number of nitrogens with one attached hydrogen (secondary N) is 1. The maximum Gasteiger partial charge on any atom is 0.325 e. The first-order valence-corrected chi connectivity index (χ1v) is 11.3. The van der Waals surface area contributed by atoms with Gasteiger partial charge in [-0.05, 0) is 48.4 Å². The Kier molecular flexibility index (Phi) is 7.22. The Morgan fingerprint density at radius 1 is 1.06 bits per heavy atom. The zero-order valence-electron chi connectivity index (χ0n) is 19.2. The molecule has 0 aliphatic carbocycles. The lowest BCUT2D eigenvalue weighted by Crippen LogP contribution is -2.26. The standard InChI is InChI=1S/C28H23ClFN3O2/c1-17(28(34)35)32-27-23-15-22(30)13-14-25(23)33-26(24(27)16-31-2)20-9-5-18(6-10-20)3-4-19-7-11-21(29)12-8-19/h3-17H,1-2H3,(H,32,33)(H,34,35)/b4-3+,31-16?. The van der Waals surface area contributed by atoms with Crippen LogP contribution in [0.3, 0.4) is 0 Å². The van der Waals surface area contributed by atoms with Crippen LogP contribution in [0.25, 0.3) is 34.3 Å². The predicted octanol–water partition coefficient (Wildman–Crippen LogP) is 6.80. The Morgan fingerprint density at radius 3 is 2.29 bits per heavy atom. The normalized spacial score (nSPS) is 12.5. The average molecular weight is 488 g/mol. The Morgan fingerprint density at radius 2 is 1.69 bits per heavy atom. The minimum atomic E-state index is -1.02. The number of aliphatic carboxylic acids is 1. The van der Waals surface area contributed by atoms with Gasteiger partial charge >= 0.3 is 5.97 Å². The molecule has 176 valence electrons. The van der Waals surface area contributed by atoms with E-state index in [1.54, 1.807) is 19.3 Å². The van der Waals surface area contributed by atoms with Crippen LogP contribution in [0.2, 0.25) is 5.02 Å². The van der Waals surface area contributed by atoms with Crippen molar-refractivity contribution >= 4 is 52.5 Å². The summed E-state index contributed by atoms with van der Waals surface area (Å²) in [5, 5.41) is 13.6. The molecule has 1 atom stereocenters. The Bertz CT molecular complexity index is 1430. The smallest absolute Gasteiger partial charge is 0.325 e. The van der Waals surface area contributed by atoms with E-state index in [1.165, 1.54) is 19.1 Å². The fourth-order valence-electron chi connectivity index (χ4n) is 3.68. The van der Waals surface area contributed by atoms with Gasteiger partial charge in [-0.15, -0.1) is 0 Å². The number of aliphatic imine (C=N–C) groups is 1. The summed E-state index contributed by atoms with van der Waals surface area (Å²) in [5.74, 6) is -1.46. The summed E-state index contributed by atoms with van der Waals surface area (Å²) in [5.41, 5.74) is 5.06. The van der Waals surface area contributed by atoms with Gasteiger partial charge in [0.15, 0.2) is 0 Å². The number of hydrogen-bond donors (Lipinski definition) is 2. The monoisotopic (exact) mass is 487 g/mol. The minimum absolute atomic E-state index is 0.436. The molecule has 0 saturated carbocycles. The number of nitrogens with zero attached hydrogens (tertiary/aromatic N) is 2. The van der Waals surface area contributed by atoms with E-state index in [1.807, 2.05) is 60.7 Å². The third kappa shape index (κ3) is 5.55. The molecule has 4 aromatic rings. The topological polar surface area (TPSA) is 74.6 Å². The van der Waals surface area contributed by atoms with Crippen LogP contribution in [0.4, 0.5) is 10.1 Å². The predicted molar refractivity (Wildman–Crippen MR) is 142 cm³/mol. The molecule has 5 nitrogen and oxygen atoms in total. The van der Waals surface area contributed by atoms with Gasteiger partial charge in [-0.1, -0.05) is 60.2 Å². The van der Waals surface area contributed by atoms with Gasteiger partial charge in [0.1, 0.15) is 11.9 Å². The first-order valence-electron chi connectivity index (χ1n) is 10.9. The van der Waals surface area contributed by atoms with Crippen molar-refractivity contribution in [1.29, 1.82) is 0 Å². The third-order valence-electron chi connectivity index (χ3n) is 5.50. The summed E-state index contributed by atoms with van der Waals surface area (Å²) in [6.07, 6.45) is 5.61. The van der Waals surface area contributed by atoms with E-state index in [9.17, 15) is 14.3 Å². The highest BCUT2D eigenvalue weighted by atomic mass is 35.5. The number of anilines is 1. The summed E-state index contributed by atoms with van der Waals surface area (Å²) in [7, 11) is 1.62. The van der Waals surface area contributed by atoms with E-state index in [0.717, 1.165) is 16.7 Å². The minimum Gasteiger partial charge on any atom is -0.480 e. The van der Waals surface area contributed by atoms with E-state index >= 15 is 0 Å². The second kappa shape index (κ2) is 10.5. The fourth-order valence-corrected chi connectivity index (χ4v) is 3.80. The van der Waals surface area contributed by atoms with Crippen LogP contribution in [-0.4, -0.2) is 35.4 Å². The fraction of sp³-hybridized carbons (Fsp3) is 0.107. The highest BCUT2D eigenvalue weighted by molar-refractivity contribution is 6.30. The van der Waals surface area contributed by atoms with E-state index < -0.39 is 17.8 Å². The first-order chi connectivity index (χ1) is 16.9. The molecule has 0 saturated heterocycles. The van der Waals surface area contributed by atoms with Crippen molar-refractivity contribution < 1.29 is 14.3 Å². The lowest BCUT2D eigenvalue weighted by Gasteiger charge is -2.19. The van der Waals surface area contributed by atoms with E-state index in [2.05, 4.69) is 10.3 Å². The van der Waals surface area contributed by atoms with E-state index in [4.69, 9.17) is 16.6 Å². The Hall–Kier alpha value is -4.03. The molecule has 0 amide bonds. The number of carboxylic acids is 1. The van der Waals surface area contributed by atoms with Gasteiger partial charge in [0.05, 0.1) is 16.9 Å². The van der Waals surface area contributed by atoms with Gasteiger partial charge in [0.25, 0.3) is 0 Å². The summed E-state index contributed by atoms with van der Waals surface area (Å²) < 4.78 is 14.1. The molecule has 0 aliphatic rings. The van der Waals surface area contributed by atoms with Crippen LogP contribution in [0.15, 0.2) is 71.7 Å². The lowest BCUT2D eigenvalue weighted by atomic mass is 9.99. The Labute approximate surface area is 207 Å². The molecule has 4 rings (SSSR count). The van der Waals surface area contributed by atoms with Crippen molar-refractivity contribution in [2.75, 3.05) is 12.4 Å². The SMILES string of the molecule is CN=Cc1c(-c2ccc(/C=C/c3ccc(Cl)cc3)cc2)nc2ccc(F)cc2c1NC(C)C(=O)O. The quantitative estimate of drug-likeness (QED) is 0.222. The van der Waals surface area contributed by atoms with E-state index in [0.29, 0.717) is 32.9 Å².